The Morgan fingerprint density at radius 3 is 2.58 bits per heavy atom. The van der Waals surface area contributed by atoms with E-state index in [0.29, 0.717) is 11.6 Å². The predicted molar refractivity (Wildman–Crippen MR) is 82.6 cm³/mol. The molecule has 2 aromatic carbocycles. The summed E-state index contributed by atoms with van der Waals surface area (Å²) in [6.45, 7) is 2.43. The lowest BCUT2D eigenvalue weighted by molar-refractivity contribution is 0.626. The van der Waals surface area contributed by atoms with Crippen molar-refractivity contribution in [3.63, 3.8) is 0 Å². The first-order valence-electron chi connectivity index (χ1n) is 5.61. The van der Waals surface area contributed by atoms with Gasteiger partial charge in [0, 0.05) is 16.0 Å². The molecule has 0 saturated carbocycles. The van der Waals surface area contributed by atoms with Crippen LogP contribution in [0.4, 0.5) is 10.1 Å². The zero-order valence-electron chi connectivity index (χ0n) is 10.1. The zero-order valence-corrected chi connectivity index (χ0v) is 13.2. The first-order chi connectivity index (χ1) is 8.97. The summed E-state index contributed by atoms with van der Waals surface area (Å²) in [4.78, 5) is 0. The second kappa shape index (κ2) is 6.12. The topological polar surface area (TPSA) is 12.0 Å². The number of benzene rings is 2. The molecule has 0 atom stereocenters. The highest BCUT2D eigenvalue weighted by Crippen LogP contribution is 2.29. The van der Waals surface area contributed by atoms with Crippen molar-refractivity contribution in [2.24, 2.45) is 0 Å². The molecule has 0 saturated heterocycles. The normalized spacial score (nSPS) is 10.6. The highest BCUT2D eigenvalue weighted by molar-refractivity contribution is 9.10. The predicted octanol–water partition coefficient (Wildman–Crippen LogP) is 5.82. The van der Waals surface area contributed by atoms with Gasteiger partial charge in [-0.3, -0.25) is 0 Å². The summed E-state index contributed by atoms with van der Waals surface area (Å²) in [6.07, 6.45) is 0. The monoisotopic (exact) mass is 361 g/mol. The smallest absolute Gasteiger partial charge is 0.142 e. The molecule has 0 bridgehead atoms. The molecule has 0 heterocycles. The van der Waals surface area contributed by atoms with Crippen LogP contribution in [0.15, 0.2) is 34.8 Å². The number of hydrogen-bond acceptors (Lipinski definition) is 1. The molecule has 1 N–H and O–H groups in total. The standard InChI is InChI=1S/C14H11BrCl2FN/c1-8-4-10(15)14(6-12(8)17)19-7-9-2-3-11(16)13(18)5-9/h2-6,19H,7H2,1H3. The van der Waals surface area contributed by atoms with Gasteiger partial charge in [0.2, 0.25) is 0 Å². The Morgan fingerprint density at radius 1 is 1.16 bits per heavy atom. The van der Waals surface area contributed by atoms with E-state index in [1.54, 1.807) is 12.1 Å². The van der Waals surface area contributed by atoms with E-state index in [-0.39, 0.29) is 5.02 Å². The molecule has 2 aromatic rings. The van der Waals surface area contributed by atoms with Gasteiger partial charge in [0.25, 0.3) is 0 Å². The molecule has 0 aromatic heterocycles. The van der Waals surface area contributed by atoms with E-state index in [0.717, 1.165) is 21.3 Å². The highest BCUT2D eigenvalue weighted by Gasteiger charge is 2.05. The maximum Gasteiger partial charge on any atom is 0.142 e. The van der Waals surface area contributed by atoms with E-state index in [1.165, 1.54) is 6.07 Å². The maximum absolute atomic E-state index is 13.3. The maximum atomic E-state index is 13.3. The van der Waals surface area contributed by atoms with Gasteiger partial charge >= 0.3 is 0 Å². The van der Waals surface area contributed by atoms with Crippen LogP contribution in [0.2, 0.25) is 10.0 Å². The average Bonchev–Trinajstić information content (AvgIpc) is 2.36. The summed E-state index contributed by atoms with van der Waals surface area (Å²) >= 11 is 15.2. The minimum absolute atomic E-state index is 0.128. The summed E-state index contributed by atoms with van der Waals surface area (Å²) < 4.78 is 14.2. The van der Waals surface area contributed by atoms with E-state index in [1.807, 2.05) is 19.1 Å². The lowest BCUT2D eigenvalue weighted by Crippen LogP contribution is -2.01. The number of halogens is 4. The van der Waals surface area contributed by atoms with Crippen molar-refractivity contribution >= 4 is 44.8 Å². The van der Waals surface area contributed by atoms with Gasteiger partial charge in [-0.05, 0) is 58.2 Å². The molecule has 0 radical (unpaired) electrons. The number of rotatable bonds is 3. The van der Waals surface area contributed by atoms with E-state index in [4.69, 9.17) is 23.2 Å². The van der Waals surface area contributed by atoms with E-state index in [9.17, 15) is 4.39 Å². The molecule has 100 valence electrons. The Bertz CT molecular complexity index is 617. The SMILES string of the molecule is Cc1cc(Br)c(NCc2ccc(Cl)c(F)c2)cc1Cl. The number of anilines is 1. The first kappa shape index (κ1) is 14.6. The number of aryl methyl sites for hydroxylation is 1. The molecule has 0 amide bonds. The molecule has 0 aliphatic heterocycles. The molecule has 19 heavy (non-hydrogen) atoms. The minimum atomic E-state index is -0.415. The Kier molecular flexibility index (Phi) is 4.71. The summed E-state index contributed by atoms with van der Waals surface area (Å²) in [5.74, 6) is -0.415. The lowest BCUT2D eigenvalue weighted by Gasteiger charge is -2.11. The van der Waals surface area contributed by atoms with Crippen LogP contribution in [0.5, 0.6) is 0 Å². The largest absolute Gasteiger partial charge is 0.380 e. The van der Waals surface area contributed by atoms with E-state index >= 15 is 0 Å². The Morgan fingerprint density at radius 2 is 1.89 bits per heavy atom. The lowest BCUT2D eigenvalue weighted by atomic mass is 10.2. The third-order valence-corrected chi connectivity index (χ3v) is 4.09. The van der Waals surface area contributed by atoms with Crippen LogP contribution in [0.1, 0.15) is 11.1 Å². The zero-order chi connectivity index (χ0) is 14.0. The van der Waals surface area contributed by atoms with Crippen LogP contribution in [0, 0.1) is 12.7 Å². The van der Waals surface area contributed by atoms with Crippen molar-refractivity contribution in [3.8, 4) is 0 Å². The fraction of sp³-hybridized carbons (Fsp3) is 0.143. The molecule has 5 heteroatoms. The van der Waals surface area contributed by atoms with Crippen molar-refractivity contribution in [2.45, 2.75) is 13.5 Å². The van der Waals surface area contributed by atoms with Crippen molar-refractivity contribution in [2.75, 3.05) is 5.32 Å². The molecular formula is C14H11BrCl2FN. The third-order valence-electron chi connectivity index (χ3n) is 2.72. The molecule has 2 rings (SSSR count). The van der Waals surface area contributed by atoms with Crippen LogP contribution < -0.4 is 5.32 Å². The summed E-state index contributed by atoms with van der Waals surface area (Å²) in [5, 5.41) is 4.02. The molecular weight excluding hydrogens is 352 g/mol. The molecule has 1 nitrogen and oxygen atoms in total. The van der Waals surface area contributed by atoms with Gasteiger partial charge in [0.05, 0.1) is 10.7 Å². The second-order valence-corrected chi connectivity index (χ2v) is 5.85. The van der Waals surface area contributed by atoms with Crippen LogP contribution >= 0.6 is 39.1 Å². The van der Waals surface area contributed by atoms with Gasteiger partial charge in [-0.1, -0.05) is 29.3 Å². The third kappa shape index (κ3) is 3.62. The number of hydrogen-bond donors (Lipinski definition) is 1. The van der Waals surface area contributed by atoms with Gasteiger partial charge in [-0.15, -0.1) is 0 Å². The minimum Gasteiger partial charge on any atom is -0.380 e. The summed E-state index contributed by atoms with van der Waals surface area (Å²) in [7, 11) is 0. The molecule has 0 aliphatic rings. The van der Waals surface area contributed by atoms with Gasteiger partial charge in [0.1, 0.15) is 5.82 Å². The quantitative estimate of drug-likeness (QED) is 0.725. The van der Waals surface area contributed by atoms with E-state index in [2.05, 4.69) is 21.2 Å². The van der Waals surface area contributed by atoms with Crippen LogP contribution in [-0.2, 0) is 6.54 Å². The fourth-order valence-corrected chi connectivity index (χ4v) is 2.51. The summed E-state index contributed by atoms with van der Waals surface area (Å²) in [5.41, 5.74) is 2.67. The van der Waals surface area contributed by atoms with Crippen LogP contribution in [0.25, 0.3) is 0 Å². The molecule has 0 aliphatic carbocycles. The fourth-order valence-electron chi connectivity index (χ4n) is 1.63. The second-order valence-electron chi connectivity index (χ2n) is 4.18. The van der Waals surface area contributed by atoms with Gasteiger partial charge in [0.15, 0.2) is 0 Å². The van der Waals surface area contributed by atoms with Crippen molar-refractivity contribution in [1.29, 1.82) is 0 Å². The molecule has 0 fully saturated rings. The van der Waals surface area contributed by atoms with E-state index < -0.39 is 5.82 Å². The van der Waals surface area contributed by atoms with Crippen molar-refractivity contribution in [3.05, 3.63) is 61.8 Å². The average molecular weight is 363 g/mol. The Hall–Kier alpha value is -0.770. The Labute approximate surface area is 129 Å². The van der Waals surface area contributed by atoms with Crippen molar-refractivity contribution in [1.82, 2.24) is 0 Å². The van der Waals surface area contributed by atoms with Crippen LogP contribution in [0.3, 0.4) is 0 Å². The number of nitrogens with one attached hydrogen (secondary N) is 1. The van der Waals surface area contributed by atoms with Crippen molar-refractivity contribution < 1.29 is 4.39 Å². The molecule has 0 spiro atoms. The van der Waals surface area contributed by atoms with Crippen LogP contribution in [-0.4, -0.2) is 0 Å². The highest BCUT2D eigenvalue weighted by atomic mass is 79.9. The molecule has 0 unspecified atom stereocenters. The van der Waals surface area contributed by atoms with Gasteiger partial charge < -0.3 is 5.32 Å². The first-order valence-corrected chi connectivity index (χ1v) is 7.15. The van der Waals surface area contributed by atoms with Gasteiger partial charge in [-0.2, -0.15) is 0 Å². The summed E-state index contributed by atoms with van der Waals surface area (Å²) in [6, 6.07) is 8.52. The van der Waals surface area contributed by atoms with Gasteiger partial charge in [-0.25, -0.2) is 4.39 Å². The Balaban J connectivity index is 2.14.